The largest absolute Gasteiger partial charge is 0.459 e. The summed E-state index contributed by atoms with van der Waals surface area (Å²) in [5, 5.41) is 8.21. The SMILES string of the molecule is C=C1CC[C@H]2C(C)(C)CCC[C@]2(C)[C@H]1C/C=C(/C=O)CC(=O)OCc1cn(CCCCN2C(=O)C(=O)c3cc(I)ccc32)nn1. The van der Waals surface area contributed by atoms with Gasteiger partial charge in [0, 0.05) is 16.7 Å². The van der Waals surface area contributed by atoms with Crippen molar-refractivity contribution in [2.24, 2.45) is 22.7 Å². The number of allylic oxidation sites excluding steroid dienone is 2. The topological polar surface area (TPSA) is 111 Å². The lowest BCUT2D eigenvalue weighted by Gasteiger charge is -2.58. The minimum atomic E-state index is -0.486. The number of ether oxygens (including phenoxy) is 1. The number of halogens is 1. The van der Waals surface area contributed by atoms with Crippen LogP contribution in [0.1, 0.15) is 94.6 Å². The van der Waals surface area contributed by atoms with Crippen LogP contribution in [0.2, 0.25) is 0 Å². The summed E-state index contributed by atoms with van der Waals surface area (Å²) in [4.78, 5) is 50.8. The van der Waals surface area contributed by atoms with Crippen LogP contribution < -0.4 is 4.90 Å². The Morgan fingerprint density at radius 3 is 2.73 bits per heavy atom. The molecule has 2 heterocycles. The molecule has 9 nitrogen and oxygen atoms in total. The number of carbonyl (C=O) groups is 4. The smallest absolute Gasteiger partial charge is 0.310 e. The van der Waals surface area contributed by atoms with Crippen LogP contribution in [0.3, 0.4) is 0 Å². The fourth-order valence-corrected chi connectivity index (χ4v) is 8.56. The van der Waals surface area contributed by atoms with Crippen LogP contribution >= 0.6 is 22.6 Å². The molecule has 3 aliphatic rings. The second-order valence-corrected chi connectivity index (χ2v) is 15.0. The third-order valence-corrected chi connectivity index (χ3v) is 11.0. The first kappa shape index (κ1) is 33.2. The predicted molar refractivity (Wildman–Crippen MR) is 179 cm³/mol. The van der Waals surface area contributed by atoms with Gasteiger partial charge in [0.05, 0.1) is 23.9 Å². The van der Waals surface area contributed by atoms with Crippen molar-refractivity contribution in [2.75, 3.05) is 11.4 Å². The molecule has 2 aliphatic carbocycles. The van der Waals surface area contributed by atoms with Crippen LogP contribution in [0.15, 0.2) is 48.2 Å². The van der Waals surface area contributed by atoms with E-state index >= 15 is 0 Å². The Kier molecular flexibility index (Phi) is 10.1. The van der Waals surface area contributed by atoms with Crippen LogP contribution in [0, 0.1) is 26.2 Å². The van der Waals surface area contributed by atoms with E-state index in [2.05, 4.69) is 60.3 Å². The predicted octanol–water partition coefficient (Wildman–Crippen LogP) is 6.64. The van der Waals surface area contributed by atoms with Crippen LogP contribution in [-0.4, -0.2) is 45.5 Å². The van der Waals surface area contributed by atoms with Crippen molar-refractivity contribution in [3.05, 3.63) is 63.0 Å². The van der Waals surface area contributed by atoms with E-state index in [1.807, 2.05) is 18.2 Å². The van der Waals surface area contributed by atoms with Gasteiger partial charge in [0.15, 0.2) is 0 Å². The molecule has 1 aromatic heterocycles. The maximum absolute atomic E-state index is 12.6. The normalized spacial score (nSPS) is 24.4. The molecule has 0 saturated heterocycles. The molecule has 2 fully saturated rings. The molecule has 3 atom stereocenters. The van der Waals surface area contributed by atoms with Gasteiger partial charge >= 0.3 is 5.97 Å². The van der Waals surface area contributed by atoms with Crippen molar-refractivity contribution >= 4 is 52.2 Å². The zero-order chi connectivity index (χ0) is 32.4. The van der Waals surface area contributed by atoms with E-state index in [1.54, 1.807) is 21.8 Å². The number of anilines is 1. The van der Waals surface area contributed by atoms with Crippen LogP contribution in [0.5, 0.6) is 0 Å². The van der Waals surface area contributed by atoms with E-state index in [1.165, 1.54) is 31.3 Å². The summed E-state index contributed by atoms with van der Waals surface area (Å²) in [6.07, 6.45) is 12.3. The highest BCUT2D eigenvalue weighted by atomic mass is 127. The van der Waals surface area contributed by atoms with E-state index in [4.69, 9.17) is 4.74 Å². The first-order valence-electron chi connectivity index (χ1n) is 15.9. The highest BCUT2D eigenvalue weighted by Crippen LogP contribution is 2.61. The summed E-state index contributed by atoms with van der Waals surface area (Å²) < 4.78 is 8.02. The number of carbonyl (C=O) groups excluding carboxylic acids is 4. The third kappa shape index (κ3) is 7.15. The lowest BCUT2D eigenvalue weighted by molar-refractivity contribution is -0.144. The highest BCUT2D eigenvalue weighted by molar-refractivity contribution is 14.1. The molecule has 0 N–H and O–H groups in total. The molecule has 5 rings (SSSR count). The van der Waals surface area contributed by atoms with Gasteiger partial charge in [-0.05, 0) is 114 Å². The van der Waals surface area contributed by atoms with Crippen LogP contribution in [0.25, 0.3) is 0 Å². The first-order valence-corrected chi connectivity index (χ1v) is 17.0. The van der Waals surface area contributed by atoms with Crippen molar-refractivity contribution in [1.82, 2.24) is 15.0 Å². The van der Waals surface area contributed by atoms with E-state index in [0.29, 0.717) is 65.7 Å². The second kappa shape index (κ2) is 13.7. The monoisotopic (exact) mass is 726 g/mol. The molecule has 240 valence electrons. The van der Waals surface area contributed by atoms with Crippen molar-refractivity contribution in [3.8, 4) is 0 Å². The number of unbranched alkanes of at least 4 members (excludes halogenated alkanes) is 1. The molecule has 1 aliphatic heterocycles. The molecule has 2 saturated carbocycles. The van der Waals surface area contributed by atoms with Gasteiger partial charge in [-0.2, -0.15) is 0 Å². The summed E-state index contributed by atoms with van der Waals surface area (Å²) in [5.41, 5.74) is 3.80. The Morgan fingerprint density at radius 2 is 1.96 bits per heavy atom. The number of rotatable bonds is 12. The number of fused-ring (bicyclic) bond motifs is 2. The molecular formula is C35H43IN4O5. The minimum Gasteiger partial charge on any atom is -0.459 e. The zero-order valence-electron chi connectivity index (χ0n) is 26.5. The van der Waals surface area contributed by atoms with Gasteiger partial charge < -0.3 is 9.64 Å². The Morgan fingerprint density at radius 1 is 1.18 bits per heavy atom. The number of amides is 1. The van der Waals surface area contributed by atoms with Gasteiger partial charge in [-0.25, -0.2) is 0 Å². The summed E-state index contributed by atoms with van der Waals surface area (Å²) in [6, 6.07) is 5.45. The molecule has 1 aromatic carbocycles. The number of hydrogen-bond donors (Lipinski definition) is 0. The van der Waals surface area contributed by atoms with Crippen molar-refractivity contribution in [3.63, 3.8) is 0 Å². The minimum absolute atomic E-state index is 0.0286. The lowest BCUT2D eigenvalue weighted by Crippen LogP contribution is -2.49. The molecule has 0 spiro atoms. The van der Waals surface area contributed by atoms with Crippen LogP contribution in [-0.2, 0) is 32.3 Å². The number of aromatic nitrogens is 3. The third-order valence-electron chi connectivity index (χ3n) is 10.4. The Hall–Kier alpha value is -3.15. The number of hydrogen-bond acceptors (Lipinski definition) is 7. The van der Waals surface area contributed by atoms with E-state index in [-0.39, 0.29) is 18.4 Å². The average Bonchev–Trinajstić information content (AvgIpc) is 3.54. The maximum Gasteiger partial charge on any atom is 0.310 e. The molecule has 0 bridgehead atoms. The molecule has 45 heavy (non-hydrogen) atoms. The summed E-state index contributed by atoms with van der Waals surface area (Å²) in [5.74, 6) is -0.494. The fourth-order valence-electron chi connectivity index (χ4n) is 8.07. The molecule has 0 unspecified atom stereocenters. The van der Waals surface area contributed by atoms with Gasteiger partial charge in [-0.3, -0.25) is 23.9 Å². The number of aldehydes is 1. The molecular weight excluding hydrogens is 683 g/mol. The van der Waals surface area contributed by atoms with Gasteiger partial charge in [0.1, 0.15) is 18.6 Å². The van der Waals surface area contributed by atoms with E-state index in [0.717, 1.165) is 22.7 Å². The Bertz CT molecular complexity index is 1530. The molecule has 1 amide bonds. The quantitative estimate of drug-likeness (QED) is 0.0459. The standard InChI is InChI=1S/C35H43IN4O5/c1-23-8-13-30-34(2,3)14-7-15-35(30,4)28(23)11-9-24(21-41)18-31(42)45-22-26-20-39(38-37-26)16-5-6-17-40-29-12-10-25(36)19-27(29)32(43)33(40)44/h9-10,12,19-21,28,30H,1,5-8,11,13-18,22H2,2-4H3/b24-9+/t28-,30-,35+/m0/s1. The number of nitrogens with zero attached hydrogens (tertiary/aromatic N) is 4. The lowest BCUT2D eigenvalue weighted by atomic mass is 9.47. The van der Waals surface area contributed by atoms with Crippen molar-refractivity contribution in [1.29, 1.82) is 0 Å². The van der Waals surface area contributed by atoms with E-state index < -0.39 is 17.7 Å². The average molecular weight is 727 g/mol. The molecule has 0 radical (unpaired) electrons. The fraction of sp³-hybridized carbons (Fsp3) is 0.543. The Labute approximate surface area is 279 Å². The summed E-state index contributed by atoms with van der Waals surface area (Å²) >= 11 is 2.13. The maximum atomic E-state index is 12.6. The van der Waals surface area contributed by atoms with Crippen LogP contribution in [0.4, 0.5) is 5.69 Å². The number of ketones is 1. The number of aryl methyl sites for hydroxylation is 1. The highest BCUT2D eigenvalue weighted by Gasteiger charge is 2.52. The molecule has 10 heteroatoms. The number of esters is 1. The van der Waals surface area contributed by atoms with Crippen molar-refractivity contribution in [2.45, 2.75) is 91.7 Å². The Balaban J connectivity index is 1.07. The van der Waals surface area contributed by atoms with Gasteiger partial charge in [-0.15, -0.1) is 5.10 Å². The number of Topliss-reactive ketones (excluding diaryl/α,β-unsaturated/α-hetero) is 1. The van der Waals surface area contributed by atoms with Crippen molar-refractivity contribution < 1.29 is 23.9 Å². The van der Waals surface area contributed by atoms with Gasteiger partial charge in [0.2, 0.25) is 0 Å². The second-order valence-electron chi connectivity index (χ2n) is 13.7. The van der Waals surface area contributed by atoms with Gasteiger partial charge in [0.25, 0.3) is 11.7 Å². The van der Waals surface area contributed by atoms with E-state index in [9.17, 15) is 19.2 Å². The molecule has 2 aromatic rings. The summed E-state index contributed by atoms with van der Waals surface area (Å²) in [6.45, 7) is 12.6. The van der Waals surface area contributed by atoms with Gasteiger partial charge in [-0.1, -0.05) is 50.6 Å². The number of benzene rings is 1. The summed E-state index contributed by atoms with van der Waals surface area (Å²) in [7, 11) is 0. The first-order chi connectivity index (χ1) is 21.4. The zero-order valence-corrected chi connectivity index (χ0v) is 28.7.